The third-order valence-electron chi connectivity index (χ3n) is 29.2. The normalized spacial score (nSPS) is 11.9. The molecule has 0 fully saturated rings. The van der Waals surface area contributed by atoms with Gasteiger partial charge in [0.25, 0.3) is 0 Å². The molecule has 0 aliphatic heterocycles. The maximum atomic E-state index is 6.58. The lowest BCUT2D eigenvalue weighted by Gasteiger charge is -2.12. The van der Waals surface area contributed by atoms with Gasteiger partial charge in [0.2, 0.25) is 17.8 Å². The zero-order valence-corrected chi connectivity index (χ0v) is 78.6. The van der Waals surface area contributed by atoms with E-state index in [1.54, 1.807) is 0 Å². The zero-order chi connectivity index (χ0) is 96.4. The van der Waals surface area contributed by atoms with Crippen molar-refractivity contribution in [3.8, 4) is 68.4 Å². The summed E-state index contributed by atoms with van der Waals surface area (Å²) in [7, 11) is 0. The first-order valence-corrected chi connectivity index (χ1v) is 49.4. The first-order chi connectivity index (χ1) is 72.9. The Balaban J connectivity index is 0.0000000999. The van der Waals surface area contributed by atoms with Crippen LogP contribution in [0.5, 0.6) is 0 Å². The van der Waals surface area contributed by atoms with Gasteiger partial charge in [-0.15, -0.1) is 0 Å². The third kappa shape index (κ3) is 13.1. The fourth-order valence-corrected chi connectivity index (χ4v) is 22.6. The lowest BCUT2D eigenvalue weighted by atomic mass is 10.0. The van der Waals surface area contributed by atoms with Crippen molar-refractivity contribution in [2.24, 2.45) is 0 Å². The Kier molecular flexibility index (Phi) is 18.7. The van der Waals surface area contributed by atoms with Gasteiger partial charge in [0.15, 0.2) is 22.3 Å². The predicted molar refractivity (Wildman–Crippen MR) is 603 cm³/mol. The summed E-state index contributed by atoms with van der Waals surface area (Å²) in [4.78, 5) is 35.7. The molecule has 33 rings (SSSR count). The molecule has 12 aromatic heterocycles. The molecule has 686 valence electrons. The van der Waals surface area contributed by atoms with Crippen molar-refractivity contribution in [1.29, 1.82) is 0 Å². The van der Waals surface area contributed by atoms with Crippen molar-refractivity contribution in [2.45, 2.75) is 0 Å². The average molecular weight is 1880 g/mol. The summed E-state index contributed by atoms with van der Waals surface area (Å²) in [5.74, 6) is 1.78. The molecule has 15 nitrogen and oxygen atoms in total. The van der Waals surface area contributed by atoms with E-state index < -0.39 is 0 Å². The molecule has 15 heteroatoms. The van der Waals surface area contributed by atoms with Crippen LogP contribution in [0.4, 0.5) is 0 Å². The molecule has 0 unspecified atom stereocenters. The molecular weight excluding hydrogens is 1800 g/mol. The quantitative estimate of drug-likeness (QED) is 0.155. The van der Waals surface area contributed by atoms with Gasteiger partial charge >= 0.3 is 0 Å². The minimum atomic E-state index is 0.568. The molecule has 0 spiro atoms. The topological polar surface area (TPSA) is 165 Å². The van der Waals surface area contributed by atoms with Gasteiger partial charge in [-0.05, 0) is 139 Å². The molecule has 0 aliphatic rings. The SMILES string of the molecule is c1ccc(-c2nc(-n3c4ccccc4c4cc(-c5ccc6c7ccccc7n(-c7ccccc7)c6c5)ccc43)nc3c2ccc2c4ccccc4oc23)cc1.c1ccc(-c2nc(-n3c4ccccc4c4ccc5c6ccccc6[nH]c5c43)nc3c2ccc2c4ccccc4oc23)cc1.c1ccc(-c2nc(-n3c4ccccc4c4ccc5c6ccccc6oc5c43)nc3c2ccc2c4ccccc4oc23)cc1.c1ccccc1. The molecule has 0 amide bonds. The minimum absolute atomic E-state index is 0.568. The van der Waals surface area contributed by atoms with Gasteiger partial charge in [0.1, 0.15) is 44.4 Å². The van der Waals surface area contributed by atoms with Crippen LogP contribution < -0.4 is 0 Å². The van der Waals surface area contributed by atoms with Crippen molar-refractivity contribution in [2.75, 3.05) is 0 Å². The molecule has 147 heavy (non-hydrogen) atoms. The Morgan fingerprint density at radius 1 is 0.170 bits per heavy atom. The Morgan fingerprint density at radius 3 is 0.925 bits per heavy atom. The zero-order valence-electron chi connectivity index (χ0n) is 78.6. The van der Waals surface area contributed by atoms with Crippen molar-refractivity contribution in [1.82, 2.24) is 53.2 Å². The van der Waals surface area contributed by atoms with Crippen molar-refractivity contribution in [3.63, 3.8) is 0 Å². The van der Waals surface area contributed by atoms with E-state index in [1.165, 1.54) is 32.6 Å². The van der Waals surface area contributed by atoms with E-state index in [9.17, 15) is 0 Å². The number of furan rings is 4. The fourth-order valence-electron chi connectivity index (χ4n) is 22.6. The molecule has 0 saturated carbocycles. The molecule has 21 aromatic carbocycles. The second-order valence-electron chi connectivity index (χ2n) is 37.4. The molecular formula is C132H79N11O4. The van der Waals surface area contributed by atoms with Crippen LogP contribution in [0.15, 0.2) is 491 Å². The maximum Gasteiger partial charge on any atom is 0.236 e. The second-order valence-corrected chi connectivity index (χ2v) is 37.4. The number of nitrogens with zero attached hydrogens (tertiary/aromatic N) is 10. The van der Waals surface area contributed by atoms with Crippen molar-refractivity contribution < 1.29 is 17.7 Å². The number of benzene rings is 21. The van der Waals surface area contributed by atoms with E-state index >= 15 is 0 Å². The summed E-state index contributed by atoms with van der Waals surface area (Å²) in [5.41, 5.74) is 28.7. The summed E-state index contributed by atoms with van der Waals surface area (Å²) in [6.45, 7) is 0. The summed E-state index contributed by atoms with van der Waals surface area (Å²) in [5, 5.41) is 23.0. The number of aromatic nitrogens is 11. The number of para-hydroxylation sites is 10. The van der Waals surface area contributed by atoms with Crippen LogP contribution in [-0.4, -0.2) is 53.2 Å². The lowest BCUT2D eigenvalue weighted by Crippen LogP contribution is -2.04. The number of H-pyrrole nitrogens is 1. The van der Waals surface area contributed by atoms with Crippen LogP contribution in [0.25, 0.3) is 298 Å². The highest BCUT2D eigenvalue weighted by molar-refractivity contribution is 6.26. The summed E-state index contributed by atoms with van der Waals surface area (Å²) in [6.07, 6.45) is 0. The van der Waals surface area contributed by atoms with Crippen LogP contribution in [0.3, 0.4) is 0 Å². The Morgan fingerprint density at radius 2 is 0.463 bits per heavy atom. The van der Waals surface area contributed by atoms with E-state index in [0.717, 1.165) is 248 Å². The predicted octanol–water partition coefficient (Wildman–Crippen LogP) is 34.9. The largest absolute Gasteiger partial charge is 0.454 e. The number of aromatic amines is 1. The highest BCUT2D eigenvalue weighted by Gasteiger charge is 2.29. The van der Waals surface area contributed by atoms with Crippen molar-refractivity contribution in [3.05, 3.63) is 473 Å². The third-order valence-corrected chi connectivity index (χ3v) is 29.2. The van der Waals surface area contributed by atoms with E-state index in [4.69, 9.17) is 47.6 Å². The Hall–Kier alpha value is -20.2. The number of hydrogen-bond acceptors (Lipinski definition) is 10. The molecule has 0 aliphatic carbocycles. The first kappa shape index (κ1) is 82.7. The molecule has 0 bridgehead atoms. The molecule has 33 aromatic rings. The number of nitrogens with one attached hydrogen (secondary N) is 1. The lowest BCUT2D eigenvalue weighted by molar-refractivity contribution is 0.670. The first-order valence-electron chi connectivity index (χ1n) is 49.4. The van der Waals surface area contributed by atoms with E-state index in [-0.39, 0.29) is 0 Å². The van der Waals surface area contributed by atoms with Crippen LogP contribution in [0.1, 0.15) is 0 Å². The van der Waals surface area contributed by atoms with Crippen molar-refractivity contribution >= 4 is 229 Å². The van der Waals surface area contributed by atoms with Gasteiger partial charge in [-0.3, -0.25) is 13.7 Å². The highest BCUT2D eigenvalue weighted by Crippen LogP contribution is 2.48. The van der Waals surface area contributed by atoms with Crippen LogP contribution in [0.2, 0.25) is 0 Å². The van der Waals surface area contributed by atoms with Gasteiger partial charge in [0, 0.05) is 141 Å². The number of rotatable bonds is 8. The van der Waals surface area contributed by atoms with Gasteiger partial charge in [-0.25, -0.2) is 29.9 Å². The molecule has 0 atom stereocenters. The number of fused-ring (bicyclic) bond motifs is 35. The standard InChI is InChI=1S/C50H30N4O.C38H22N4O.C38H21N3O2.C6H6/c1-3-13-31(14-4-1)47-40-27-26-39-38-19-9-12-22-46(38)55-49(39)48(40)52-50(51-47)54-43-21-11-8-18-36(43)41-29-32(24-28-44(41)54)33-23-25-37-35-17-7-10-20-42(35)53(45(37)30-33)34-15-5-2-6-16-34;1-2-10-22(11-3-1)33-29-21-20-28-25-14-6-9-17-32(25)43-37(28)35(29)41-38(40-33)42-31-16-8-5-13-24(31)27-19-18-26-23-12-4-7-15-30(23)39-34(26)36(27)42;1-2-10-22(11-3-1)33-29-21-20-27-24-13-5-8-16-31(24)42-36(27)34(29)40-38(39-33)41-30-15-7-4-12-23(30)26-18-19-28-25-14-6-9-17-32(25)43-37(28)35(26)41;1-2-4-6-5-3-1/h1-30H;1-21,39H;1-21H;1-6H. The van der Waals surface area contributed by atoms with Crippen LogP contribution in [0, 0.1) is 0 Å². The van der Waals surface area contributed by atoms with Gasteiger partial charge in [0.05, 0.1) is 61.2 Å². The summed E-state index contributed by atoms with van der Waals surface area (Å²) in [6, 6.07) is 164. The highest BCUT2D eigenvalue weighted by atomic mass is 16.3. The number of hydrogen-bond donors (Lipinski definition) is 1. The Labute approximate surface area is 836 Å². The molecule has 12 heterocycles. The van der Waals surface area contributed by atoms with Gasteiger partial charge < -0.3 is 27.2 Å². The minimum Gasteiger partial charge on any atom is -0.454 e. The molecule has 0 radical (unpaired) electrons. The smallest absolute Gasteiger partial charge is 0.236 e. The van der Waals surface area contributed by atoms with E-state index in [0.29, 0.717) is 17.8 Å². The summed E-state index contributed by atoms with van der Waals surface area (Å²) < 4.78 is 35.1. The van der Waals surface area contributed by atoms with Crippen LogP contribution in [-0.2, 0) is 0 Å². The molecule has 0 saturated heterocycles. The second kappa shape index (κ2) is 33.3. The monoisotopic (exact) mass is 1880 g/mol. The van der Waals surface area contributed by atoms with Crippen LogP contribution >= 0.6 is 0 Å². The van der Waals surface area contributed by atoms with Gasteiger partial charge in [-0.1, -0.05) is 346 Å². The van der Waals surface area contributed by atoms with E-state index in [1.807, 2.05) is 133 Å². The van der Waals surface area contributed by atoms with Gasteiger partial charge in [-0.2, -0.15) is 0 Å². The Bertz CT molecular complexity index is 10800. The molecule has 1 N–H and O–H groups in total. The average Bonchev–Trinajstić information content (AvgIpc) is 1.55. The summed E-state index contributed by atoms with van der Waals surface area (Å²) >= 11 is 0. The van der Waals surface area contributed by atoms with E-state index in [2.05, 4.69) is 363 Å². The fraction of sp³-hybridized carbons (Fsp3) is 0. The maximum absolute atomic E-state index is 6.58.